The molecule has 1 aromatic heterocycles. The largest absolute Gasteiger partial charge is 0.313 e. The molecule has 0 amide bonds. The fraction of sp³-hybridized carbons (Fsp3) is 0.533. The molecule has 0 bridgehead atoms. The number of aryl methyl sites for hydroxylation is 1. The van der Waals surface area contributed by atoms with Crippen molar-refractivity contribution in [3.63, 3.8) is 0 Å². The molecule has 1 aromatic carbocycles. The predicted molar refractivity (Wildman–Crippen MR) is 92.5 cm³/mol. The van der Waals surface area contributed by atoms with E-state index in [-0.39, 0.29) is 9.77 Å². The number of hydrogen-bond acceptors (Lipinski definition) is 5. The van der Waals surface area contributed by atoms with Gasteiger partial charge in [0.15, 0.2) is 0 Å². The van der Waals surface area contributed by atoms with Gasteiger partial charge in [0.05, 0.1) is 10.2 Å². The smallest absolute Gasteiger partial charge is 0.307 e. The summed E-state index contributed by atoms with van der Waals surface area (Å²) >= 11 is 0.964. The normalized spacial score (nSPS) is 16.4. The van der Waals surface area contributed by atoms with E-state index in [1.54, 1.807) is 25.2 Å². The summed E-state index contributed by atoms with van der Waals surface area (Å²) in [6.07, 6.45) is 4.84. The van der Waals surface area contributed by atoms with E-state index < -0.39 is 10.0 Å². The van der Waals surface area contributed by atoms with Gasteiger partial charge in [-0.1, -0.05) is 30.2 Å². The van der Waals surface area contributed by atoms with E-state index in [9.17, 15) is 13.2 Å². The van der Waals surface area contributed by atoms with E-state index in [4.69, 9.17) is 0 Å². The third kappa shape index (κ3) is 3.50. The molecule has 0 aliphatic heterocycles. The zero-order chi connectivity index (χ0) is 16.4. The Kier molecular flexibility index (Phi) is 4.86. The highest BCUT2D eigenvalue weighted by molar-refractivity contribution is 7.90. The first-order chi connectivity index (χ1) is 11.0. The second kappa shape index (κ2) is 6.72. The van der Waals surface area contributed by atoms with Gasteiger partial charge in [-0.15, -0.1) is 0 Å². The lowest BCUT2D eigenvalue weighted by molar-refractivity contribution is 0.520. The van der Waals surface area contributed by atoms with Gasteiger partial charge in [-0.3, -0.25) is 4.79 Å². The van der Waals surface area contributed by atoms with E-state index in [1.165, 1.54) is 30.3 Å². The third-order valence-electron chi connectivity index (χ3n) is 4.28. The van der Waals surface area contributed by atoms with Crippen LogP contribution in [0.4, 0.5) is 0 Å². The average Bonchev–Trinajstić information content (AvgIpc) is 3.13. The van der Waals surface area contributed by atoms with Crippen molar-refractivity contribution < 1.29 is 8.42 Å². The monoisotopic (exact) mass is 355 g/mol. The first-order valence-corrected chi connectivity index (χ1v) is 10.1. The van der Waals surface area contributed by atoms with E-state index in [2.05, 4.69) is 10.0 Å². The molecule has 1 saturated carbocycles. The van der Waals surface area contributed by atoms with Gasteiger partial charge in [-0.05, 0) is 25.0 Å². The van der Waals surface area contributed by atoms with Crippen LogP contribution in [0.3, 0.4) is 0 Å². The van der Waals surface area contributed by atoms with Gasteiger partial charge in [-0.25, -0.2) is 13.1 Å². The molecule has 0 spiro atoms. The Morgan fingerprint density at radius 1 is 1.26 bits per heavy atom. The fourth-order valence-electron chi connectivity index (χ4n) is 3.01. The summed E-state index contributed by atoms with van der Waals surface area (Å²) < 4.78 is 29.6. The SMILES string of the molecule is Cn1c(=O)sc2c(S(=O)(=O)NCCNC3CCCC3)cccc21. The second-order valence-corrected chi connectivity index (χ2v) is 8.56. The van der Waals surface area contributed by atoms with Crippen LogP contribution in [-0.4, -0.2) is 32.1 Å². The summed E-state index contributed by atoms with van der Waals surface area (Å²) in [7, 11) is -1.97. The highest BCUT2D eigenvalue weighted by atomic mass is 32.2. The number of hydrogen-bond donors (Lipinski definition) is 2. The number of benzene rings is 1. The third-order valence-corrected chi connectivity index (χ3v) is 6.99. The molecule has 126 valence electrons. The zero-order valence-electron chi connectivity index (χ0n) is 13.0. The van der Waals surface area contributed by atoms with Gasteiger partial charge < -0.3 is 9.88 Å². The van der Waals surface area contributed by atoms with Crippen LogP contribution in [0.15, 0.2) is 27.9 Å². The van der Waals surface area contributed by atoms with Crippen molar-refractivity contribution in [3.05, 3.63) is 27.9 Å². The summed E-state index contributed by atoms with van der Waals surface area (Å²) in [6, 6.07) is 5.49. The summed E-state index contributed by atoms with van der Waals surface area (Å²) in [5.74, 6) is 0. The summed E-state index contributed by atoms with van der Waals surface area (Å²) in [6.45, 7) is 0.960. The number of fused-ring (bicyclic) bond motifs is 1. The Labute approximate surface area is 139 Å². The Bertz CT molecular complexity index is 848. The van der Waals surface area contributed by atoms with Crippen molar-refractivity contribution in [2.24, 2.45) is 7.05 Å². The highest BCUT2D eigenvalue weighted by Crippen LogP contribution is 2.25. The molecule has 0 radical (unpaired) electrons. The van der Waals surface area contributed by atoms with Gasteiger partial charge >= 0.3 is 4.87 Å². The molecular formula is C15H21N3O3S2. The molecule has 1 heterocycles. The number of aromatic nitrogens is 1. The molecule has 1 aliphatic carbocycles. The first kappa shape index (κ1) is 16.6. The number of nitrogens with one attached hydrogen (secondary N) is 2. The maximum atomic E-state index is 12.5. The topological polar surface area (TPSA) is 80.2 Å². The molecule has 0 unspecified atom stereocenters. The molecule has 23 heavy (non-hydrogen) atoms. The number of nitrogens with zero attached hydrogens (tertiary/aromatic N) is 1. The Hall–Kier alpha value is -1.22. The average molecular weight is 355 g/mol. The van der Waals surface area contributed by atoms with Gasteiger partial charge in [-0.2, -0.15) is 0 Å². The van der Waals surface area contributed by atoms with Crippen molar-refractivity contribution >= 4 is 31.6 Å². The summed E-state index contributed by atoms with van der Waals surface area (Å²) in [5.41, 5.74) is 0.645. The molecule has 3 rings (SSSR count). The van der Waals surface area contributed by atoms with Crippen molar-refractivity contribution in [3.8, 4) is 0 Å². The van der Waals surface area contributed by atoms with Gasteiger partial charge in [0.2, 0.25) is 10.0 Å². The van der Waals surface area contributed by atoms with Crippen LogP contribution in [-0.2, 0) is 17.1 Å². The molecule has 0 atom stereocenters. The number of thiazole rings is 1. The van der Waals surface area contributed by atoms with Gasteiger partial charge in [0.25, 0.3) is 0 Å². The van der Waals surface area contributed by atoms with Crippen LogP contribution in [0.25, 0.3) is 10.2 Å². The summed E-state index contributed by atoms with van der Waals surface area (Å²) in [4.78, 5) is 11.8. The maximum absolute atomic E-state index is 12.5. The Morgan fingerprint density at radius 3 is 2.74 bits per heavy atom. The van der Waals surface area contributed by atoms with Crippen molar-refractivity contribution in [2.45, 2.75) is 36.6 Å². The van der Waals surface area contributed by atoms with Gasteiger partial charge in [0, 0.05) is 26.2 Å². The van der Waals surface area contributed by atoms with Gasteiger partial charge in [0.1, 0.15) is 4.90 Å². The Balaban J connectivity index is 1.72. The molecule has 1 fully saturated rings. The van der Waals surface area contributed by atoms with Crippen LogP contribution < -0.4 is 14.9 Å². The van der Waals surface area contributed by atoms with E-state index in [0.717, 1.165) is 11.3 Å². The van der Waals surface area contributed by atoms with Crippen molar-refractivity contribution in [2.75, 3.05) is 13.1 Å². The van der Waals surface area contributed by atoms with Crippen LogP contribution in [0.5, 0.6) is 0 Å². The Morgan fingerprint density at radius 2 is 2.00 bits per heavy atom. The lowest BCUT2D eigenvalue weighted by atomic mass is 10.2. The minimum Gasteiger partial charge on any atom is -0.313 e. The van der Waals surface area contributed by atoms with Crippen LogP contribution in [0, 0.1) is 0 Å². The van der Waals surface area contributed by atoms with E-state index in [1.807, 2.05) is 0 Å². The lowest BCUT2D eigenvalue weighted by Gasteiger charge is -2.12. The minimum atomic E-state index is -3.62. The number of rotatable bonds is 6. The molecular weight excluding hydrogens is 334 g/mol. The molecule has 2 aromatic rings. The molecule has 2 N–H and O–H groups in total. The molecule has 6 nitrogen and oxygen atoms in total. The lowest BCUT2D eigenvalue weighted by Crippen LogP contribution is -2.35. The van der Waals surface area contributed by atoms with E-state index >= 15 is 0 Å². The minimum absolute atomic E-state index is 0.162. The van der Waals surface area contributed by atoms with Crippen molar-refractivity contribution in [1.29, 1.82) is 0 Å². The van der Waals surface area contributed by atoms with Crippen LogP contribution >= 0.6 is 11.3 Å². The summed E-state index contributed by atoms with van der Waals surface area (Å²) in [5, 5.41) is 3.38. The maximum Gasteiger partial charge on any atom is 0.307 e. The molecule has 1 aliphatic rings. The first-order valence-electron chi connectivity index (χ1n) is 7.80. The van der Waals surface area contributed by atoms with E-state index in [0.29, 0.717) is 29.3 Å². The standard InChI is InChI=1S/C15H21N3O3S2/c1-18-12-7-4-8-13(14(12)22-15(18)19)23(20,21)17-10-9-16-11-5-2-3-6-11/h4,7-8,11,16-17H,2-3,5-6,9-10H2,1H3. The zero-order valence-corrected chi connectivity index (χ0v) is 14.7. The highest BCUT2D eigenvalue weighted by Gasteiger charge is 2.20. The van der Waals surface area contributed by atoms with Crippen LogP contribution in [0.1, 0.15) is 25.7 Å². The second-order valence-electron chi connectivity index (χ2n) is 5.86. The number of sulfonamides is 1. The quantitative estimate of drug-likeness (QED) is 0.768. The predicted octanol–water partition coefficient (Wildman–Crippen LogP) is 1.41. The fourth-order valence-corrected chi connectivity index (χ4v) is 5.48. The molecule has 8 heteroatoms. The van der Waals surface area contributed by atoms with Crippen LogP contribution in [0.2, 0.25) is 0 Å². The molecule has 0 saturated heterocycles. The van der Waals surface area contributed by atoms with Crippen molar-refractivity contribution in [1.82, 2.24) is 14.6 Å².